The van der Waals surface area contributed by atoms with Gasteiger partial charge in [0.2, 0.25) is 11.8 Å². The fraction of sp³-hybridized carbons (Fsp3) is 0.222. The minimum atomic E-state index is -0.125. The van der Waals surface area contributed by atoms with Crippen molar-refractivity contribution in [3.63, 3.8) is 0 Å². The van der Waals surface area contributed by atoms with Gasteiger partial charge in [0.25, 0.3) is 11.1 Å². The van der Waals surface area contributed by atoms with Crippen molar-refractivity contribution in [2.75, 3.05) is 0 Å². The summed E-state index contributed by atoms with van der Waals surface area (Å²) < 4.78 is 16.8. The zero-order valence-electron chi connectivity index (χ0n) is 14.5. The second-order valence-corrected chi connectivity index (χ2v) is 7.13. The van der Waals surface area contributed by atoms with Gasteiger partial charge in [-0.1, -0.05) is 29.5 Å². The highest BCUT2D eigenvalue weighted by molar-refractivity contribution is 7.99. The molecule has 0 fully saturated rings. The van der Waals surface area contributed by atoms with Gasteiger partial charge >= 0.3 is 0 Å². The molecule has 0 aliphatic rings. The maximum absolute atomic E-state index is 5.79. The Morgan fingerprint density at radius 2 is 1.65 bits per heavy atom. The van der Waals surface area contributed by atoms with Gasteiger partial charge in [-0.05, 0) is 39.0 Å². The van der Waals surface area contributed by atoms with E-state index < -0.39 is 0 Å². The standard InChI is InChI=1S/C18H16N4O3S/c1-10-4-6-13(7-5-10)16-20-19-15(24-16)12(3)26-18-22-21-17(25-18)14-8-9-23-11(14)2/h4-9,12H,1-3H3/t12-/m0/s1. The first-order chi connectivity index (χ1) is 12.6. The monoisotopic (exact) mass is 368 g/mol. The summed E-state index contributed by atoms with van der Waals surface area (Å²) in [6.07, 6.45) is 1.59. The Morgan fingerprint density at radius 3 is 2.38 bits per heavy atom. The normalized spacial score (nSPS) is 12.4. The summed E-state index contributed by atoms with van der Waals surface area (Å²) in [4.78, 5) is 0. The minimum Gasteiger partial charge on any atom is -0.469 e. The highest BCUT2D eigenvalue weighted by Crippen LogP contribution is 2.36. The lowest BCUT2D eigenvalue weighted by Crippen LogP contribution is -1.88. The highest BCUT2D eigenvalue weighted by atomic mass is 32.2. The number of thioether (sulfide) groups is 1. The lowest BCUT2D eigenvalue weighted by molar-refractivity contribution is 0.459. The van der Waals surface area contributed by atoms with E-state index in [1.54, 1.807) is 12.3 Å². The van der Waals surface area contributed by atoms with Crippen LogP contribution >= 0.6 is 11.8 Å². The van der Waals surface area contributed by atoms with Gasteiger partial charge in [-0.2, -0.15) is 0 Å². The Bertz CT molecular complexity index is 1020. The van der Waals surface area contributed by atoms with Crippen LogP contribution in [0.1, 0.15) is 29.4 Å². The number of rotatable bonds is 5. The van der Waals surface area contributed by atoms with E-state index >= 15 is 0 Å². The van der Waals surface area contributed by atoms with Crippen molar-refractivity contribution in [2.24, 2.45) is 0 Å². The van der Waals surface area contributed by atoms with Crippen molar-refractivity contribution < 1.29 is 13.3 Å². The van der Waals surface area contributed by atoms with Crippen molar-refractivity contribution in [2.45, 2.75) is 31.2 Å². The molecule has 7 nitrogen and oxygen atoms in total. The number of furan rings is 1. The predicted octanol–water partition coefficient (Wildman–Crippen LogP) is 4.85. The average Bonchev–Trinajstić information content (AvgIpc) is 3.36. The molecule has 1 atom stereocenters. The van der Waals surface area contributed by atoms with Crippen LogP contribution in [0.5, 0.6) is 0 Å². The molecule has 4 rings (SSSR count). The van der Waals surface area contributed by atoms with E-state index in [9.17, 15) is 0 Å². The smallest absolute Gasteiger partial charge is 0.277 e. The van der Waals surface area contributed by atoms with E-state index in [0.717, 1.165) is 16.9 Å². The second kappa shape index (κ2) is 6.80. The first kappa shape index (κ1) is 16.6. The summed E-state index contributed by atoms with van der Waals surface area (Å²) in [6.45, 7) is 5.83. The molecule has 3 heterocycles. The van der Waals surface area contributed by atoms with E-state index in [0.29, 0.717) is 22.9 Å². The molecular weight excluding hydrogens is 352 g/mol. The van der Waals surface area contributed by atoms with Crippen LogP contribution in [-0.2, 0) is 0 Å². The second-order valence-electron chi connectivity index (χ2n) is 5.84. The van der Waals surface area contributed by atoms with Crippen molar-refractivity contribution in [1.82, 2.24) is 20.4 Å². The molecule has 132 valence electrons. The molecule has 4 aromatic rings. The van der Waals surface area contributed by atoms with Crippen molar-refractivity contribution in [3.05, 3.63) is 53.8 Å². The molecule has 0 saturated heterocycles. The third kappa shape index (κ3) is 3.28. The summed E-state index contributed by atoms with van der Waals surface area (Å²) >= 11 is 1.36. The van der Waals surface area contributed by atoms with Crippen LogP contribution in [0.15, 0.2) is 55.1 Å². The highest BCUT2D eigenvalue weighted by Gasteiger charge is 2.20. The van der Waals surface area contributed by atoms with E-state index in [1.807, 2.05) is 45.0 Å². The molecule has 8 heteroatoms. The molecule has 0 spiro atoms. The molecule has 26 heavy (non-hydrogen) atoms. The summed E-state index contributed by atoms with van der Waals surface area (Å²) in [7, 11) is 0. The lowest BCUT2D eigenvalue weighted by Gasteiger charge is -2.01. The van der Waals surface area contributed by atoms with Crippen molar-refractivity contribution >= 4 is 11.8 Å². The Kier molecular flexibility index (Phi) is 4.34. The third-order valence-electron chi connectivity index (χ3n) is 3.86. The molecule has 0 aliphatic heterocycles. The number of benzene rings is 1. The fourth-order valence-electron chi connectivity index (χ4n) is 2.39. The molecule has 0 radical (unpaired) electrons. The molecule has 0 unspecified atom stereocenters. The Morgan fingerprint density at radius 1 is 0.885 bits per heavy atom. The van der Waals surface area contributed by atoms with Gasteiger partial charge in [0.1, 0.15) is 5.76 Å². The van der Waals surface area contributed by atoms with E-state index in [1.165, 1.54) is 17.3 Å². The SMILES string of the molecule is Cc1ccc(-c2nnc([C@H](C)Sc3nnc(-c4ccoc4C)o3)o2)cc1. The summed E-state index contributed by atoms with van der Waals surface area (Å²) in [6, 6.07) is 9.74. The van der Waals surface area contributed by atoms with Crippen LogP contribution < -0.4 is 0 Å². The topological polar surface area (TPSA) is 91.0 Å². The minimum absolute atomic E-state index is 0.125. The number of nitrogens with zero attached hydrogens (tertiary/aromatic N) is 4. The first-order valence-electron chi connectivity index (χ1n) is 8.05. The Labute approximate surface area is 153 Å². The quantitative estimate of drug-likeness (QED) is 0.462. The molecule has 0 bridgehead atoms. The Balaban J connectivity index is 1.49. The third-order valence-corrected chi connectivity index (χ3v) is 4.78. The molecule has 0 aliphatic carbocycles. The predicted molar refractivity (Wildman–Crippen MR) is 95.5 cm³/mol. The fourth-order valence-corrected chi connectivity index (χ4v) is 3.10. The van der Waals surface area contributed by atoms with Gasteiger partial charge in [0, 0.05) is 5.56 Å². The van der Waals surface area contributed by atoms with Gasteiger partial charge < -0.3 is 13.3 Å². The largest absolute Gasteiger partial charge is 0.469 e. The average molecular weight is 368 g/mol. The maximum Gasteiger partial charge on any atom is 0.277 e. The molecule has 0 N–H and O–H groups in total. The summed E-state index contributed by atoms with van der Waals surface area (Å²) in [5.41, 5.74) is 2.86. The number of aryl methyl sites for hydroxylation is 2. The maximum atomic E-state index is 5.79. The molecule has 3 aromatic heterocycles. The van der Waals surface area contributed by atoms with Crippen LogP contribution in [0, 0.1) is 13.8 Å². The first-order valence-corrected chi connectivity index (χ1v) is 8.93. The number of hydrogen-bond acceptors (Lipinski definition) is 8. The summed E-state index contributed by atoms with van der Waals surface area (Å²) in [5.74, 6) is 2.16. The lowest BCUT2D eigenvalue weighted by atomic mass is 10.1. The van der Waals surface area contributed by atoms with E-state index in [4.69, 9.17) is 13.3 Å². The molecule has 1 aromatic carbocycles. The van der Waals surface area contributed by atoms with Gasteiger partial charge in [0.15, 0.2) is 0 Å². The molecule has 0 saturated carbocycles. The van der Waals surface area contributed by atoms with Crippen LogP contribution in [0.25, 0.3) is 22.9 Å². The van der Waals surface area contributed by atoms with Crippen LogP contribution in [0.3, 0.4) is 0 Å². The number of hydrogen-bond donors (Lipinski definition) is 0. The van der Waals surface area contributed by atoms with Crippen LogP contribution in [-0.4, -0.2) is 20.4 Å². The van der Waals surface area contributed by atoms with Gasteiger partial charge in [-0.3, -0.25) is 0 Å². The Hall–Kier alpha value is -2.87. The molecular formula is C18H16N4O3S. The summed E-state index contributed by atoms with van der Waals surface area (Å²) in [5, 5.41) is 16.7. The van der Waals surface area contributed by atoms with Crippen molar-refractivity contribution in [1.29, 1.82) is 0 Å². The molecule has 0 amide bonds. The van der Waals surface area contributed by atoms with Crippen LogP contribution in [0.4, 0.5) is 0 Å². The van der Waals surface area contributed by atoms with Gasteiger partial charge in [-0.15, -0.1) is 20.4 Å². The van der Waals surface area contributed by atoms with Gasteiger partial charge in [0.05, 0.1) is 17.1 Å². The van der Waals surface area contributed by atoms with E-state index in [-0.39, 0.29) is 5.25 Å². The van der Waals surface area contributed by atoms with Gasteiger partial charge in [-0.25, -0.2) is 0 Å². The van der Waals surface area contributed by atoms with Crippen molar-refractivity contribution in [3.8, 4) is 22.9 Å². The zero-order valence-corrected chi connectivity index (χ0v) is 15.3. The van der Waals surface area contributed by atoms with Crippen LogP contribution in [0.2, 0.25) is 0 Å². The number of aromatic nitrogens is 4. The van der Waals surface area contributed by atoms with E-state index in [2.05, 4.69) is 20.4 Å². The zero-order chi connectivity index (χ0) is 18.1.